The third kappa shape index (κ3) is 3.39. The predicted octanol–water partition coefficient (Wildman–Crippen LogP) is 1.62. The normalized spacial score (nSPS) is 9.12. The summed E-state index contributed by atoms with van der Waals surface area (Å²) in [7, 11) is 0. The minimum absolute atomic E-state index is 0. The fraction of sp³-hybridized carbons (Fsp3) is 0.200. The van der Waals surface area contributed by atoms with Crippen molar-refractivity contribution in [2.75, 3.05) is 0 Å². The minimum atomic E-state index is -0.626. The molecule has 0 saturated carbocycles. The van der Waals surface area contributed by atoms with Crippen molar-refractivity contribution >= 4 is 40.3 Å². The maximum absolute atomic E-state index is 11.1. The van der Waals surface area contributed by atoms with Crippen LogP contribution in [0.2, 0.25) is 0 Å². The molecule has 0 aromatic heterocycles. The molecule has 0 amide bonds. The van der Waals surface area contributed by atoms with Crippen molar-refractivity contribution < 1.29 is 14.5 Å². The number of non-ortho nitro benzene ring substituents is 1. The molecule has 0 unspecified atom stereocenters. The van der Waals surface area contributed by atoms with Crippen LogP contribution in [0.15, 0.2) is 18.2 Å². The lowest BCUT2D eigenvalue weighted by Crippen LogP contribution is -2.00. The minimum Gasteiger partial charge on any atom is -0.295 e. The summed E-state index contributed by atoms with van der Waals surface area (Å²) in [5.74, 6) is -0.609. The number of hydrogen-bond acceptors (Lipinski definition) is 4. The third-order valence-electron chi connectivity index (χ3n) is 1.94. The summed E-state index contributed by atoms with van der Waals surface area (Å²) in [5.41, 5.74) is 0.108. The molecule has 1 rings (SSSR count). The highest BCUT2D eigenvalue weighted by molar-refractivity contribution is 6.00. The van der Waals surface area contributed by atoms with Crippen LogP contribution < -0.4 is 0 Å². The number of rotatable bonds is 3. The van der Waals surface area contributed by atoms with Crippen molar-refractivity contribution in [1.82, 2.24) is 0 Å². The molecule has 0 bridgehead atoms. The molecule has 1 aromatic carbocycles. The molecular weight excluding hydrogens is 222 g/mol. The topological polar surface area (TPSA) is 77.3 Å². The van der Waals surface area contributed by atoms with Gasteiger partial charge in [-0.1, -0.05) is 0 Å². The maximum Gasteiger partial charge on any atom is 0.270 e. The molecule has 2 radical (unpaired) electrons. The Bertz CT molecular complexity index is 377. The van der Waals surface area contributed by atoms with Gasteiger partial charge in [-0.15, -0.1) is 0 Å². The van der Waals surface area contributed by atoms with E-state index >= 15 is 0 Å². The van der Waals surface area contributed by atoms with Crippen LogP contribution in [0.5, 0.6) is 0 Å². The molecule has 0 atom stereocenters. The Kier molecular flexibility index (Phi) is 5.26. The van der Waals surface area contributed by atoms with Gasteiger partial charge in [0.25, 0.3) is 5.69 Å². The quantitative estimate of drug-likeness (QED) is 0.343. The maximum atomic E-state index is 11.1. The first-order chi connectivity index (χ1) is 6.91. The molecular formula is C10H9MgNO4. The van der Waals surface area contributed by atoms with Crippen molar-refractivity contribution in [3.8, 4) is 0 Å². The van der Waals surface area contributed by atoms with Gasteiger partial charge < -0.3 is 0 Å². The average Bonchev–Trinajstić information content (AvgIpc) is 2.16. The molecule has 6 heteroatoms. The first kappa shape index (κ1) is 14.7. The molecule has 0 aliphatic heterocycles. The van der Waals surface area contributed by atoms with E-state index in [0.717, 1.165) is 12.1 Å². The molecule has 0 fully saturated rings. The lowest BCUT2D eigenvalue weighted by atomic mass is 10.0. The summed E-state index contributed by atoms with van der Waals surface area (Å²) in [4.78, 5) is 32.0. The first-order valence-electron chi connectivity index (χ1n) is 4.23. The summed E-state index contributed by atoms with van der Waals surface area (Å²) < 4.78 is 0. The van der Waals surface area contributed by atoms with E-state index in [4.69, 9.17) is 0 Å². The zero-order valence-corrected chi connectivity index (χ0v) is 10.4. The number of nitro benzene ring substituents is 1. The predicted molar refractivity (Wildman–Crippen MR) is 58.9 cm³/mol. The fourth-order valence-electron chi connectivity index (χ4n) is 1.12. The van der Waals surface area contributed by atoms with Gasteiger partial charge in [-0.2, -0.15) is 0 Å². The van der Waals surface area contributed by atoms with Crippen LogP contribution in [-0.2, 0) is 0 Å². The van der Waals surface area contributed by atoms with Gasteiger partial charge in [0.05, 0.1) is 4.92 Å². The largest absolute Gasteiger partial charge is 0.295 e. The SMILES string of the molecule is CC(=O)c1cc(C(C)=O)cc([N+](=O)[O-])c1.[Mg]. The van der Waals surface area contributed by atoms with Gasteiger partial charge in [0.1, 0.15) is 0 Å². The Labute approximate surface area is 108 Å². The Morgan fingerprint density at radius 3 is 1.69 bits per heavy atom. The number of nitro groups is 1. The number of Topliss-reactive ketones (excluding diaryl/α,β-unsaturated/α-hetero) is 2. The summed E-state index contributed by atoms with van der Waals surface area (Å²) in [5, 5.41) is 10.5. The van der Waals surface area contributed by atoms with Crippen molar-refractivity contribution in [2.24, 2.45) is 0 Å². The van der Waals surface area contributed by atoms with Crippen LogP contribution >= 0.6 is 0 Å². The van der Waals surface area contributed by atoms with E-state index in [1.807, 2.05) is 0 Å². The highest BCUT2D eigenvalue weighted by atomic mass is 24.3. The van der Waals surface area contributed by atoms with Gasteiger partial charge in [0.2, 0.25) is 0 Å². The number of ketones is 2. The van der Waals surface area contributed by atoms with Crippen molar-refractivity contribution in [3.63, 3.8) is 0 Å². The van der Waals surface area contributed by atoms with E-state index < -0.39 is 4.92 Å². The number of hydrogen-bond donors (Lipinski definition) is 0. The number of carbonyl (C=O) groups excluding carboxylic acids is 2. The van der Waals surface area contributed by atoms with Gasteiger partial charge in [0.15, 0.2) is 11.6 Å². The van der Waals surface area contributed by atoms with E-state index in [1.165, 1.54) is 19.9 Å². The Morgan fingerprint density at radius 1 is 1.06 bits per heavy atom. The molecule has 1 aromatic rings. The monoisotopic (exact) mass is 231 g/mol. The van der Waals surface area contributed by atoms with E-state index in [1.54, 1.807) is 0 Å². The highest BCUT2D eigenvalue weighted by Gasteiger charge is 2.13. The van der Waals surface area contributed by atoms with Crippen molar-refractivity contribution in [3.05, 3.63) is 39.4 Å². The molecule has 0 aliphatic carbocycles. The lowest BCUT2D eigenvalue weighted by Gasteiger charge is -2.00. The highest BCUT2D eigenvalue weighted by Crippen LogP contribution is 2.18. The number of nitrogens with zero attached hydrogens (tertiary/aromatic N) is 1. The number of benzene rings is 1. The van der Waals surface area contributed by atoms with Gasteiger partial charge in [-0.05, 0) is 19.9 Å². The standard InChI is InChI=1S/C10H9NO4.Mg/c1-6(12)8-3-9(7(2)13)5-10(4-8)11(14)15;/h3-5H,1-2H3;. The van der Waals surface area contributed by atoms with Crippen molar-refractivity contribution in [2.45, 2.75) is 13.8 Å². The molecule has 0 N–H and O–H groups in total. The molecule has 0 spiro atoms. The van der Waals surface area contributed by atoms with E-state index in [2.05, 4.69) is 0 Å². The lowest BCUT2D eigenvalue weighted by molar-refractivity contribution is -0.384. The Hall–Kier alpha value is -1.27. The summed E-state index contributed by atoms with van der Waals surface area (Å²) in [6, 6.07) is 3.68. The second kappa shape index (κ2) is 5.71. The van der Waals surface area contributed by atoms with Crippen LogP contribution in [0.3, 0.4) is 0 Å². The van der Waals surface area contributed by atoms with Crippen LogP contribution in [0, 0.1) is 10.1 Å². The molecule has 0 heterocycles. The summed E-state index contributed by atoms with van der Waals surface area (Å²) in [6.45, 7) is 2.59. The second-order valence-corrected chi connectivity index (χ2v) is 3.14. The smallest absolute Gasteiger partial charge is 0.270 e. The molecule has 80 valence electrons. The van der Waals surface area contributed by atoms with Crippen LogP contribution in [0.25, 0.3) is 0 Å². The zero-order valence-electron chi connectivity index (χ0n) is 9.02. The Morgan fingerprint density at radius 2 is 1.44 bits per heavy atom. The van der Waals surface area contributed by atoms with Gasteiger partial charge in [-0.3, -0.25) is 19.7 Å². The van der Waals surface area contributed by atoms with Gasteiger partial charge >= 0.3 is 0 Å². The average molecular weight is 231 g/mol. The van der Waals surface area contributed by atoms with E-state index in [-0.39, 0.29) is 51.4 Å². The first-order valence-corrected chi connectivity index (χ1v) is 4.23. The second-order valence-electron chi connectivity index (χ2n) is 3.14. The molecule has 5 nitrogen and oxygen atoms in total. The third-order valence-corrected chi connectivity index (χ3v) is 1.94. The number of carbonyl (C=O) groups is 2. The van der Waals surface area contributed by atoms with Crippen LogP contribution in [-0.4, -0.2) is 39.5 Å². The fourth-order valence-corrected chi connectivity index (χ4v) is 1.12. The van der Waals surface area contributed by atoms with Crippen molar-refractivity contribution in [1.29, 1.82) is 0 Å². The van der Waals surface area contributed by atoms with E-state index in [9.17, 15) is 19.7 Å². The van der Waals surface area contributed by atoms with Gasteiger partial charge in [-0.25, -0.2) is 0 Å². The van der Waals surface area contributed by atoms with Gasteiger partial charge in [0, 0.05) is 46.3 Å². The van der Waals surface area contributed by atoms with E-state index in [0.29, 0.717) is 0 Å². The van der Waals surface area contributed by atoms with Crippen LogP contribution in [0.4, 0.5) is 5.69 Å². The Balaban J connectivity index is 0.00000225. The summed E-state index contributed by atoms with van der Waals surface area (Å²) >= 11 is 0. The molecule has 0 saturated heterocycles. The zero-order chi connectivity index (χ0) is 11.6. The molecule has 0 aliphatic rings. The van der Waals surface area contributed by atoms with Crippen LogP contribution in [0.1, 0.15) is 34.6 Å². The molecule has 16 heavy (non-hydrogen) atoms. The summed E-state index contributed by atoms with van der Waals surface area (Å²) in [6.07, 6.45) is 0.